The average molecular weight is 512 g/mol. The number of methoxy groups -OCH3 is 1. The number of nitrogens with one attached hydrogen (secondary N) is 1. The molecule has 0 saturated carbocycles. The number of halogens is 1. The minimum Gasteiger partial charge on any atom is -0.383 e. The van der Waals surface area contributed by atoms with Crippen LogP contribution in [0.3, 0.4) is 0 Å². The van der Waals surface area contributed by atoms with Crippen molar-refractivity contribution in [1.82, 2.24) is 30.0 Å². The van der Waals surface area contributed by atoms with Gasteiger partial charge in [0.15, 0.2) is 11.9 Å². The highest BCUT2D eigenvalue weighted by atomic mass is 19.1. The Kier molecular flexibility index (Phi) is 7.63. The number of carbonyl (C=O) groups is 1. The molecule has 2 unspecified atom stereocenters. The van der Waals surface area contributed by atoms with E-state index in [1.54, 1.807) is 18.8 Å². The van der Waals surface area contributed by atoms with E-state index in [1.807, 2.05) is 24.1 Å². The zero-order chi connectivity index (χ0) is 25.9. The van der Waals surface area contributed by atoms with E-state index in [1.165, 1.54) is 6.33 Å². The molecule has 4 heterocycles. The summed E-state index contributed by atoms with van der Waals surface area (Å²) in [6.07, 6.45) is 2.57. The first-order valence-corrected chi connectivity index (χ1v) is 12.7. The molecule has 1 aromatic carbocycles. The van der Waals surface area contributed by atoms with Gasteiger partial charge in [-0.3, -0.25) is 9.69 Å². The zero-order valence-corrected chi connectivity index (χ0v) is 21.6. The van der Waals surface area contributed by atoms with Gasteiger partial charge in [-0.1, -0.05) is 0 Å². The van der Waals surface area contributed by atoms with Crippen LogP contribution in [-0.4, -0.2) is 103 Å². The van der Waals surface area contributed by atoms with Crippen LogP contribution < -0.4 is 10.2 Å². The molecule has 2 aromatic heterocycles. The number of aryl methyl sites for hydroxylation is 1. The molecule has 3 aromatic rings. The van der Waals surface area contributed by atoms with Crippen LogP contribution in [0.2, 0.25) is 0 Å². The van der Waals surface area contributed by atoms with Gasteiger partial charge in [0.2, 0.25) is 0 Å². The number of hydrogen-bond donors (Lipinski definition) is 1. The number of likely N-dealkylation sites (tertiary alicyclic amines) is 1. The molecular formula is C26H34FN7O3. The molecule has 10 nitrogen and oxygen atoms in total. The van der Waals surface area contributed by atoms with Crippen molar-refractivity contribution in [2.24, 2.45) is 0 Å². The lowest BCUT2D eigenvalue weighted by Crippen LogP contribution is -2.49. The second kappa shape index (κ2) is 11.1. The van der Waals surface area contributed by atoms with E-state index in [2.05, 4.69) is 37.4 Å². The summed E-state index contributed by atoms with van der Waals surface area (Å²) in [5.74, 6) is 0.993. The van der Waals surface area contributed by atoms with Gasteiger partial charge in [0.25, 0.3) is 5.91 Å². The summed E-state index contributed by atoms with van der Waals surface area (Å²) in [7, 11) is 3.27. The Hall–Kier alpha value is -3.15. The van der Waals surface area contributed by atoms with Gasteiger partial charge in [0.05, 0.1) is 31.5 Å². The number of likely N-dealkylation sites (N-methyl/N-ethyl adjacent to an activating group) is 1. The highest BCUT2D eigenvalue weighted by Crippen LogP contribution is 2.35. The minimum absolute atomic E-state index is 0.157. The molecule has 2 saturated heterocycles. The van der Waals surface area contributed by atoms with Gasteiger partial charge in [-0.25, -0.2) is 19.0 Å². The Balaban J connectivity index is 1.41. The Morgan fingerprint density at radius 2 is 2.05 bits per heavy atom. The third-order valence-electron chi connectivity index (χ3n) is 7.38. The number of hydrogen-bond acceptors (Lipinski definition) is 8. The third kappa shape index (κ3) is 5.29. The predicted octanol–water partition coefficient (Wildman–Crippen LogP) is 1.85. The number of alkyl halides is 1. The fraction of sp³-hybridized carbons (Fsp3) is 0.538. The van der Waals surface area contributed by atoms with E-state index in [9.17, 15) is 4.79 Å². The lowest BCUT2D eigenvalue weighted by Gasteiger charge is -2.35. The summed E-state index contributed by atoms with van der Waals surface area (Å²) < 4.78 is 27.9. The van der Waals surface area contributed by atoms with Gasteiger partial charge < -0.3 is 19.7 Å². The topological polar surface area (TPSA) is 97.6 Å². The minimum atomic E-state index is -0.946. The normalized spacial score (nSPS) is 22.9. The van der Waals surface area contributed by atoms with E-state index in [-0.39, 0.29) is 11.8 Å². The second-order valence-corrected chi connectivity index (χ2v) is 9.68. The quantitative estimate of drug-likeness (QED) is 0.513. The fourth-order valence-electron chi connectivity index (χ4n) is 5.33. The van der Waals surface area contributed by atoms with Crippen LogP contribution in [0.1, 0.15) is 23.5 Å². The summed E-state index contributed by atoms with van der Waals surface area (Å²) in [5.41, 5.74) is 2.97. The van der Waals surface area contributed by atoms with Crippen molar-refractivity contribution in [3.05, 3.63) is 41.9 Å². The van der Waals surface area contributed by atoms with Crippen LogP contribution in [0, 0.1) is 6.92 Å². The molecule has 3 atom stereocenters. The number of piperidine rings is 1. The van der Waals surface area contributed by atoms with E-state index < -0.39 is 12.3 Å². The average Bonchev–Trinajstić information content (AvgIpc) is 3.34. The maximum atomic E-state index is 15.3. The first-order chi connectivity index (χ1) is 18.0. The Morgan fingerprint density at radius 3 is 2.84 bits per heavy atom. The molecule has 2 aliphatic rings. The van der Waals surface area contributed by atoms with Crippen LogP contribution in [0.5, 0.6) is 0 Å². The lowest BCUT2D eigenvalue weighted by molar-refractivity contribution is -0.132. The summed E-state index contributed by atoms with van der Waals surface area (Å²) >= 11 is 0. The molecule has 1 N–H and O–H groups in total. The van der Waals surface area contributed by atoms with Crippen molar-refractivity contribution in [3.8, 4) is 5.82 Å². The van der Waals surface area contributed by atoms with Crippen molar-refractivity contribution in [2.75, 3.05) is 65.0 Å². The molecule has 11 heteroatoms. The molecule has 0 bridgehead atoms. The van der Waals surface area contributed by atoms with Crippen LogP contribution in [-0.2, 0) is 14.3 Å². The summed E-state index contributed by atoms with van der Waals surface area (Å²) in [5, 5.41) is 8.22. The smallest absolute Gasteiger partial charge is 0.250 e. The van der Waals surface area contributed by atoms with Crippen molar-refractivity contribution in [3.63, 3.8) is 0 Å². The van der Waals surface area contributed by atoms with Crippen LogP contribution in [0.15, 0.2) is 30.7 Å². The number of carbonyl (C=O) groups excluding carboxylic acids is 1. The lowest BCUT2D eigenvalue weighted by atomic mass is 9.85. The highest BCUT2D eigenvalue weighted by molar-refractivity contribution is 5.82. The number of aromatic nitrogens is 4. The molecule has 5 rings (SSSR count). The van der Waals surface area contributed by atoms with E-state index in [0.717, 1.165) is 41.5 Å². The van der Waals surface area contributed by atoms with Gasteiger partial charge in [-0.15, -0.1) is 0 Å². The number of fused-ring (bicyclic) bond motifs is 1. The first-order valence-electron chi connectivity index (χ1n) is 12.7. The molecule has 1 amide bonds. The van der Waals surface area contributed by atoms with E-state index in [0.29, 0.717) is 44.5 Å². The molecule has 37 heavy (non-hydrogen) atoms. The van der Waals surface area contributed by atoms with Crippen LogP contribution in [0.4, 0.5) is 10.2 Å². The SMILES string of the molecule is CNC(=O)[C@@H]1CN(c2cc(-n3ncc4cc(C)c(C5CCN(CCOC)CC5F)cc43)ncn2)CCO1. The van der Waals surface area contributed by atoms with Crippen molar-refractivity contribution >= 4 is 22.6 Å². The van der Waals surface area contributed by atoms with Gasteiger partial charge >= 0.3 is 0 Å². The van der Waals surface area contributed by atoms with Crippen LogP contribution in [0.25, 0.3) is 16.7 Å². The summed E-state index contributed by atoms with van der Waals surface area (Å²) in [6.45, 7) is 6.11. The summed E-state index contributed by atoms with van der Waals surface area (Å²) in [4.78, 5) is 25.1. The van der Waals surface area contributed by atoms with Gasteiger partial charge in [0, 0.05) is 51.2 Å². The number of ether oxygens (including phenoxy) is 2. The second-order valence-electron chi connectivity index (χ2n) is 9.68. The Labute approximate surface area is 215 Å². The third-order valence-corrected chi connectivity index (χ3v) is 7.38. The Morgan fingerprint density at radius 1 is 1.22 bits per heavy atom. The number of benzene rings is 1. The fourth-order valence-corrected chi connectivity index (χ4v) is 5.33. The van der Waals surface area contributed by atoms with E-state index in [4.69, 9.17) is 9.47 Å². The predicted molar refractivity (Wildman–Crippen MR) is 138 cm³/mol. The Bertz CT molecular complexity index is 1250. The molecule has 0 radical (unpaired) electrons. The zero-order valence-electron chi connectivity index (χ0n) is 21.6. The van der Waals surface area contributed by atoms with Crippen molar-refractivity contribution in [1.29, 1.82) is 0 Å². The molecule has 2 fully saturated rings. The number of morpholine rings is 1. The number of anilines is 1. The number of amides is 1. The summed E-state index contributed by atoms with van der Waals surface area (Å²) in [6, 6.07) is 6.01. The standard InChI is InChI=1S/C26H34FN7O3/c1-17-10-18-13-31-34(22(18)11-20(17)19-4-5-32(6-8-36-3)14-21(19)27)25-12-24(29-16-30-25)33-7-9-37-23(15-33)26(35)28-2/h10-13,16,19,21,23H,4-9,14-15H2,1-3H3,(H,28,35)/t19?,21?,23-/m0/s1. The van der Waals surface area contributed by atoms with E-state index >= 15 is 4.39 Å². The number of nitrogens with zero attached hydrogens (tertiary/aromatic N) is 6. The monoisotopic (exact) mass is 511 g/mol. The largest absolute Gasteiger partial charge is 0.383 e. The molecular weight excluding hydrogens is 477 g/mol. The molecule has 0 aliphatic carbocycles. The molecule has 198 valence electrons. The van der Waals surface area contributed by atoms with Crippen LogP contribution >= 0.6 is 0 Å². The molecule has 2 aliphatic heterocycles. The highest BCUT2D eigenvalue weighted by Gasteiger charge is 2.32. The van der Waals surface area contributed by atoms with Crippen molar-refractivity contribution in [2.45, 2.75) is 31.5 Å². The first kappa shape index (κ1) is 25.5. The number of rotatable bonds is 7. The van der Waals surface area contributed by atoms with Gasteiger partial charge in [0.1, 0.15) is 18.3 Å². The van der Waals surface area contributed by atoms with Gasteiger partial charge in [-0.2, -0.15) is 5.10 Å². The van der Waals surface area contributed by atoms with Gasteiger partial charge in [-0.05, 0) is 43.1 Å². The van der Waals surface area contributed by atoms with Crippen molar-refractivity contribution < 1.29 is 18.7 Å². The maximum Gasteiger partial charge on any atom is 0.250 e. The maximum absolute atomic E-state index is 15.3. The molecule has 0 spiro atoms.